The topological polar surface area (TPSA) is 25.8 Å². The highest BCUT2D eigenvalue weighted by atomic mass is 16.5. The Morgan fingerprint density at radius 1 is 1.00 bits per heavy atom. The van der Waals surface area contributed by atoms with Gasteiger partial charge in [-0.2, -0.15) is 0 Å². The van der Waals surface area contributed by atoms with Crippen LogP contribution in [0.3, 0.4) is 0 Å². The molecule has 0 spiro atoms. The van der Waals surface area contributed by atoms with Gasteiger partial charge in [-0.1, -0.05) is 12.1 Å². The number of hydrogen-bond donors (Lipinski definition) is 1. The lowest BCUT2D eigenvalue weighted by molar-refractivity contribution is -0.736. The highest BCUT2D eigenvalue weighted by Gasteiger charge is 2.50. The first-order chi connectivity index (χ1) is 11.2. The molecule has 4 fully saturated rings. The van der Waals surface area contributed by atoms with Crippen LogP contribution >= 0.6 is 0 Å². The summed E-state index contributed by atoms with van der Waals surface area (Å²) < 4.78 is 5.24. The highest BCUT2D eigenvalue weighted by molar-refractivity contribution is 5.27. The minimum atomic E-state index is 0.750. The molecule has 0 unspecified atom stereocenters. The number of benzene rings is 1. The van der Waals surface area contributed by atoms with E-state index in [0.29, 0.717) is 0 Å². The van der Waals surface area contributed by atoms with Crippen molar-refractivity contribution in [3.63, 3.8) is 0 Å². The first-order valence-corrected chi connectivity index (χ1v) is 9.69. The largest absolute Gasteiger partial charge is 0.497 e. The molecule has 0 aliphatic heterocycles. The zero-order valence-electron chi connectivity index (χ0n) is 14.7. The van der Waals surface area contributed by atoms with Crippen LogP contribution in [0.1, 0.15) is 51.0 Å². The Balaban J connectivity index is 1.29. The Kier molecular flexibility index (Phi) is 4.36. The maximum absolute atomic E-state index is 5.24. The molecule has 1 atom stereocenters. The average molecular weight is 314 g/mol. The van der Waals surface area contributed by atoms with Gasteiger partial charge in [-0.15, -0.1) is 0 Å². The molecule has 1 aromatic rings. The van der Waals surface area contributed by atoms with Gasteiger partial charge in [-0.05, 0) is 75.0 Å². The van der Waals surface area contributed by atoms with Crippen LogP contribution in [0.4, 0.5) is 0 Å². The third-order valence-electron chi connectivity index (χ3n) is 6.90. The highest BCUT2D eigenvalue weighted by Crippen LogP contribution is 2.52. The van der Waals surface area contributed by atoms with Gasteiger partial charge in [-0.25, -0.2) is 0 Å². The molecule has 0 saturated heterocycles. The molecular formula is C21H32NO+. The Bertz CT molecular complexity index is 495. The first-order valence-electron chi connectivity index (χ1n) is 9.69. The van der Waals surface area contributed by atoms with Crippen molar-refractivity contribution in [2.45, 2.75) is 64.0 Å². The first kappa shape index (κ1) is 15.5. The molecule has 0 amide bonds. The van der Waals surface area contributed by atoms with E-state index in [2.05, 4.69) is 36.5 Å². The molecule has 4 saturated carbocycles. The van der Waals surface area contributed by atoms with Crippen molar-refractivity contribution in [1.29, 1.82) is 0 Å². The Hall–Kier alpha value is -1.02. The fourth-order valence-corrected chi connectivity index (χ4v) is 5.94. The van der Waals surface area contributed by atoms with Crippen LogP contribution < -0.4 is 10.1 Å². The monoisotopic (exact) mass is 314 g/mol. The van der Waals surface area contributed by atoms with E-state index >= 15 is 0 Å². The van der Waals surface area contributed by atoms with Gasteiger partial charge in [0.05, 0.1) is 19.2 Å². The standard InChI is InChI=1S/C21H31NO/c1-14(3-4-15-5-7-20(23-2)8-6-15)22-21-18-10-16-9-17(12-18)13-19(21)11-16/h5-8,14,16-19,21-22H,3-4,9-13H2,1-2H3/p+1/t14-,16?,17?,18?,19?,21?/m1/s1. The number of ether oxygens (including phenoxy) is 1. The van der Waals surface area contributed by atoms with E-state index in [4.69, 9.17) is 4.74 Å². The van der Waals surface area contributed by atoms with Gasteiger partial charge in [-0.3, -0.25) is 0 Å². The molecule has 126 valence electrons. The summed E-state index contributed by atoms with van der Waals surface area (Å²) in [4.78, 5) is 0. The lowest BCUT2D eigenvalue weighted by Crippen LogP contribution is -2.98. The van der Waals surface area contributed by atoms with Crippen molar-refractivity contribution in [1.82, 2.24) is 0 Å². The maximum Gasteiger partial charge on any atom is 0.118 e. The fraction of sp³-hybridized carbons (Fsp3) is 0.714. The fourth-order valence-electron chi connectivity index (χ4n) is 5.94. The molecule has 2 N–H and O–H groups in total. The van der Waals surface area contributed by atoms with Crippen LogP contribution in [0.25, 0.3) is 0 Å². The molecule has 4 aliphatic rings. The summed E-state index contributed by atoms with van der Waals surface area (Å²) in [6, 6.07) is 10.3. The number of hydrogen-bond acceptors (Lipinski definition) is 1. The molecule has 2 nitrogen and oxygen atoms in total. The average Bonchev–Trinajstić information content (AvgIpc) is 2.56. The Morgan fingerprint density at radius 2 is 1.61 bits per heavy atom. The quantitative estimate of drug-likeness (QED) is 0.855. The number of methoxy groups -OCH3 is 1. The zero-order valence-corrected chi connectivity index (χ0v) is 14.7. The number of rotatable bonds is 6. The van der Waals surface area contributed by atoms with Gasteiger partial charge in [0.15, 0.2) is 0 Å². The van der Waals surface area contributed by atoms with E-state index in [0.717, 1.165) is 41.5 Å². The van der Waals surface area contributed by atoms with Crippen molar-refractivity contribution in [3.05, 3.63) is 29.8 Å². The number of nitrogens with two attached hydrogens (primary N) is 1. The summed E-state index contributed by atoms with van der Waals surface area (Å²) in [6.07, 6.45) is 10.2. The van der Waals surface area contributed by atoms with Gasteiger partial charge in [0.2, 0.25) is 0 Å². The van der Waals surface area contributed by atoms with E-state index in [-0.39, 0.29) is 0 Å². The summed E-state index contributed by atoms with van der Waals surface area (Å²) >= 11 is 0. The van der Waals surface area contributed by atoms with E-state index in [9.17, 15) is 0 Å². The molecule has 23 heavy (non-hydrogen) atoms. The summed E-state index contributed by atoms with van der Waals surface area (Å²) in [7, 11) is 1.73. The predicted octanol–water partition coefficient (Wildman–Crippen LogP) is 3.40. The van der Waals surface area contributed by atoms with Crippen LogP contribution in [0.5, 0.6) is 5.75 Å². The molecular weight excluding hydrogens is 282 g/mol. The molecule has 0 aromatic heterocycles. The number of quaternary nitrogens is 1. The second-order valence-electron chi connectivity index (χ2n) is 8.56. The van der Waals surface area contributed by atoms with Gasteiger partial charge in [0.25, 0.3) is 0 Å². The van der Waals surface area contributed by atoms with E-state index < -0.39 is 0 Å². The van der Waals surface area contributed by atoms with Crippen LogP contribution in [0.15, 0.2) is 24.3 Å². The second-order valence-corrected chi connectivity index (χ2v) is 8.56. The lowest BCUT2D eigenvalue weighted by atomic mass is 9.54. The van der Waals surface area contributed by atoms with Crippen LogP contribution in [-0.2, 0) is 6.42 Å². The second kappa shape index (κ2) is 6.47. The van der Waals surface area contributed by atoms with Gasteiger partial charge < -0.3 is 10.1 Å². The smallest absolute Gasteiger partial charge is 0.118 e. The van der Waals surface area contributed by atoms with Crippen LogP contribution in [-0.4, -0.2) is 19.2 Å². The minimum absolute atomic E-state index is 0.750. The minimum Gasteiger partial charge on any atom is -0.497 e. The molecule has 4 bridgehead atoms. The van der Waals surface area contributed by atoms with Crippen molar-refractivity contribution in [2.24, 2.45) is 23.7 Å². The summed E-state index contributed by atoms with van der Waals surface area (Å²) in [6.45, 7) is 2.44. The van der Waals surface area contributed by atoms with Gasteiger partial charge in [0, 0.05) is 18.3 Å². The number of aryl methyl sites for hydroxylation is 1. The van der Waals surface area contributed by atoms with Crippen molar-refractivity contribution in [3.8, 4) is 5.75 Å². The Labute approximate surface area is 141 Å². The van der Waals surface area contributed by atoms with E-state index in [1.54, 1.807) is 39.2 Å². The third kappa shape index (κ3) is 3.28. The normalized spacial score (nSPS) is 36.2. The van der Waals surface area contributed by atoms with Gasteiger partial charge in [0.1, 0.15) is 5.75 Å². The molecule has 0 heterocycles. The third-order valence-corrected chi connectivity index (χ3v) is 6.90. The summed E-state index contributed by atoms with van der Waals surface area (Å²) in [5, 5.41) is 2.76. The SMILES string of the molecule is COc1ccc(CC[C@@H](C)[NH2+]C2C3CC4CC(C3)CC2C4)cc1. The summed E-state index contributed by atoms with van der Waals surface area (Å²) in [5.74, 6) is 5.22. The maximum atomic E-state index is 5.24. The molecule has 2 heteroatoms. The zero-order chi connectivity index (χ0) is 15.8. The Morgan fingerprint density at radius 3 is 2.17 bits per heavy atom. The van der Waals surface area contributed by atoms with Crippen LogP contribution in [0.2, 0.25) is 0 Å². The van der Waals surface area contributed by atoms with Crippen molar-refractivity contribution < 1.29 is 10.1 Å². The molecule has 0 radical (unpaired) electrons. The van der Waals surface area contributed by atoms with Gasteiger partial charge >= 0.3 is 0 Å². The van der Waals surface area contributed by atoms with E-state index in [1.807, 2.05) is 0 Å². The van der Waals surface area contributed by atoms with E-state index in [1.165, 1.54) is 18.4 Å². The molecule has 1 aromatic carbocycles. The molecule has 4 aliphatic carbocycles. The van der Waals surface area contributed by atoms with Crippen molar-refractivity contribution in [2.75, 3.05) is 7.11 Å². The predicted molar refractivity (Wildman–Crippen MR) is 93.5 cm³/mol. The van der Waals surface area contributed by atoms with Crippen molar-refractivity contribution >= 4 is 0 Å². The summed E-state index contributed by atoms with van der Waals surface area (Å²) in [5.41, 5.74) is 1.44. The molecule has 5 rings (SSSR count). The lowest BCUT2D eigenvalue weighted by Gasteiger charge is -2.53. The van der Waals surface area contributed by atoms with Crippen LogP contribution in [0, 0.1) is 23.7 Å².